The summed E-state index contributed by atoms with van der Waals surface area (Å²) in [5.41, 5.74) is 2.52. The second kappa shape index (κ2) is 7.83. The minimum Gasteiger partial charge on any atom is -0.355 e. The number of nitrogens with one attached hydrogen (secondary N) is 2. The van der Waals surface area contributed by atoms with Crippen molar-refractivity contribution in [2.45, 2.75) is 45.6 Å². The Balaban J connectivity index is 1.54. The highest BCUT2D eigenvalue weighted by Crippen LogP contribution is 2.14. The molecular weight excluding hydrogens is 314 g/mol. The van der Waals surface area contributed by atoms with Gasteiger partial charge in [0.15, 0.2) is 0 Å². The molecule has 0 saturated carbocycles. The molecule has 1 amide bonds. The van der Waals surface area contributed by atoms with Gasteiger partial charge in [-0.1, -0.05) is 12.1 Å². The highest BCUT2D eigenvalue weighted by Gasteiger charge is 2.18. The maximum atomic E-state index is 12.2. The molecule has 1 unspecified atom stereocenters. The van der Waals surface area contributed by atoms with Gasteiger partial charge in [-0.25, -0.2) is 0 Å². The lowest BCUT2D eigenvalue weighted by Crippen LogP contribution is -2.40. The van der Waals surface area contributed by atoms with Gasteiger partial charge in [-0.3, -0.25) is 14.5 Å². The van der Waals surface area contributed by atoms with Crippen LogP contribution >= 0.6 is 0 Å². The molecule has 134 valence electrons. The molecule has 1 aliphatic heterocycles. The molecule has 1 fully saturated rings. The van der Waals surface area contributed by atoms with Crippen molar-refractivity contribution in [3.8, 4) is 0 Å². The fourth-order valence-corrected chi connectivity index (χ4v) is 3.46. The van der Waals surface area contributed by atoms with Gasteiger partial charge < -0.3 is 10.3 Å². The van der Waals surface area contributed by atoms with E-state index in [1.807, 2.05) is 31.2 Å². The molecular formula is C20H27N3O2. The number of likely N-dealkylation sites (tertiary alicyclic amines) is 1. The van der Waals surface area contributed by atoms with Gasteiger partial charge in [0.05, 0.1) is 0 Å². The summed E-state index contributed by atoms with van der Waals surface area (Å²) in [6.45, 7) is 7.08. The van der Waals surface area contributed by atoms with Crippen molar-refractivity contribution in [2.75, 3.05) is 19.6 Å². The SMILES string of the molecule is Cc1ccc2cc(CCC(=O)NCC(C)N3CCCC3)c(=O)[nH]c2c1. The Bertz CT molecular complexity index is 806. The standard InChI is InChI=1S/C20H27N3O2/c1-14-5-6-16-12-17(20(25)22-18(16)11-14)7-8-19(24)21-13-15(2)23-9-3-4-10-23/h5-6,11-12,15H,3-4,7-10,13H2,1-2H3,(H,21,24)(H,22,25). The van der Waals surface area contributed by atoms with Crippen LogP contribution in [0.3, 0.4) is 0 Å². The van der Waals surface area contributed by atoms with E-state index in [2.05, 4.69) is 22.1 Å². The average Bonchev–Trinajstić information content (AvgIpc) is 3.12. The number of hydrogen-bond acceptors (Lipinski definition) is 3. The van der Waals surface area contributed by atoms with Crippen molar-refractivity contribution in [2.24, 2.45) is 0 Å². The molecule has 5 nitrogen and oxygen atoms in total. The topological polar surface area (TPSA) is 65.2 Å². The molecule has 3 rings (SSSR count). The lowest BCUT2D eigenvalue weighted by molar-refractivity contribution is -0.121. The second-order valence-corrected chi connectivity index (χ2v) is 7.11. The first-order chi connectivity index (χ1) is 12.0. The maximum absolute atomic E-state index is 12.2. The van der Waals surface area contributed by atoms with Crippen LogP contribution in [0.1, 0.15) is 37.3 Å². The van der Waals surface area contributed by atoms with E-state index >= 15 is 0 Å². The molecule has 2 N–H and O–H groups in total. The molecule has 0 aliphatic carbocycles. The first-order valence-corrected chi connectivity index (χ1v) is 9.16. The summed E-state index contributed by atoms with van der Waals surface area (Å²) in [5.74, 6) is 0.00875. The third-order valence-electron chi connectivity index (χ3n) is 5.06. The molecule has 2 aromatic rings. The monoisotopic (exact) mass is 341 g/mol. The number of aryl methyl sites for hydroxylation is 2. The number of fused-ring (bicyclic) bond motifs is 1. The third-order valence-corrected chi connectivity index (χ3v) is 5.06. The predicted molar refractivity (Wildman–Crippen MR) is 101 cm³/mol. The number of nitrogens with zero attached hydrogens (tertiary/aromatic N) is 1. The zero-order valence-electron chi connectivity index (χ0n) is 15.1. The van der Waals surface area contributed by atoms with Crippen LogP contribution in [0.4, 0.5) is 0 Å². The van der Waals surface area contributed by atoms with Gasteiger partial charge in [0.1, 0.15) is 0 Å². The zero-order valence-corrected chi connectivity index (χ0v) is 15.1. The van der Waals surface area contributed by atoms with Crippen molar-refractivity contribution in [3.63, 3.8) is 0 Å². The van der Waals surface area contributed by atoms with E-state index in [-0.39, 0.29) is 11.5 Å². The molecule has 1 aromatic heterocycles. The summed E-state index contributed by atoms with van der Waals surface area (Å²) in [5, 5.41) is 4.00. The fourth-order valence-electron chi connectivity index (χ4n) is 3.46. The molecule has 5 heteroatoms. The summed E-state index contributed by atoms with van der Waals surface area (Å²) >= 11 is 0. The number of aromatic nitrogens is 1. The average molecular weight is 341 g/mol. The van der Waals surface area contributed by atoms with E-state index in [1.54, 1.807) is 0 Å². The number of aromatic amines is 1. The summed E-state index contributed by atoms with van der Waals surface area (Å²) in [4.78, 5) is 29.6. The van der Waals surface area contributed by atoms with Gasteiger partial charge >= 0.3 is 0 Å². The summed E-state index contributed by atoms with van der Waals surface area (Å²) in [7, 11) is 0. The van der Waals surface area contributed by atoms with Crippen LogP contribution in [0.25, 0.3) is 10.9 Å². The minimum atomic E-state index is -0.101. The number of hydrogen-bond donors (Lipinski definition) is 2. The molecule has 25 heavy (non-hydrogen) atoms. The first kappa shape index (κ1) is 17.7. The smallest absolute Gasteiger partial charge is 0.251 e. The first-order valence-electron chi connectivity index (χ1n) is 9.16. The van der Waals surface area contributed by atoms with Crippen LogP contribution in [-0.2, 0) is 11.2 Å². The van der Waals surface area contributed by atoms with Gasteiger partial charge in [0, 0.05) is 30.1 Å². The van der Waals surface area contributed by atoms with Crippen molar-refractivity contribution < 1.29 is 4.79 Å². The van der Waals surface area contributed by atoms with Crippen molar-refractivity contribution >= 4 is 16.8 Å². The van der Waals surface area contributed by atoms with E-state index in [4.69, 9.17) is 0 Å². The number of rotatable bonds is 6. The van der Waals surface area contributed by atoms with Crippen LogP contribution in [-0.4, -0.2) is 41.5 Å². The third kappa shape index (κ3) is 4.48. The highest BCUT2D eigenvalue weighted by molar-refractivity contribution is 5.80. The van der Waals surface area contributed by atoms with E-state index in [0.29, 0.717) is 31.0 Å². The van der Waals surface area contributed by atoms with Gasteiger partial charge in [0.2, 0.25) is 5.91 Å². The maximum Gasteiger partial charge on any atom is 0.251 e. The van der Waals surface area contributed by atoms with Gasteiger partial charge in [-0.15, -0.1) is 0 Å². The van der Waals surface area contributed by atoms with Gasteiger partial charge in [0.25, 0.3) is 5.56 Å². The van der Waals surface area contributed by atoms with Crippen LogP contribution in [0.15, 0.2) is 29.1 Å². The van der Waals surface area contributed by atoms with E-state index in [0.717, 1.165) is 29.6 Å². The number of carbonyl (C=O) groups excluding carboxylic acids is 1. The van der Waals surface area contributed by atoms with Crippen molar-refractivity contribution in [1.82, 2.24) is 15.2 Å². The molecule has 1 aromatic carbocycles. The highest BCUT2D eigenvalue weighted by atomic mass is 16.1. The number of benzene rings is 1. The fraction of sp³-hybridized carbons (Fsp3) is 0.500. The van der Waals surface area contributed by atoms with Crippen LogP contribution in [0, 0.1) is 6.92 Å². The number of amides is 1. The molecule has 1 atom stereocenters. The molecule has 2 heterocycles. The Morgan fingerprint density at radius 2 is 2.04 bits per heavy atom. The molecule has 1 aliphatic rings. The summed E-state index contributed by atoms with van der Waals surface area (Å²) in [6.07, 6.45) is 3.31. The molecule has 0 radical (unpaired) electrons. The number of pyridine rings is 1. The lowest BCUT2D eigenvalue weighted by Gasteiger charge is -2.23. The Kier molecular flexibility index (Phi) is 5.53. The minimum absolute atomic E-state index is 0.00875. The van der Waals surface area contributed by atoms with Crippen molar-refractivity contribution in [3.05, 3.63) is 45.7 Å². The number of carbonyl (C=O) groups is 1. The summed E-state index contributed by atoms with van der Waals surface area (Å²) < 4.78 is 0. The summed E-state index contributed by atoms with van der Waals surface area (Å²) in [6, 6.07) is 8.26. The Morgan fingerprint density at radius 1 is 1.28 bits per heavy atom. The van der Waals surface area contributed by atoms with Crippen LogP contribution < -0.4 is 10.9 Å². The van der Waals surface area contributed by atoms with Crippen LogP contribution in [0.2, 0.25) is 0 Å². The van der Waals surface area contributed by atoms with Gasteiger partial charge in [-0.05, 0) is 69.3 Å². The van der Waals surface area contributed by atoms with E-state index < -0.39 is 0 Å². The second-order valence-electron chi connectivity index (χ2n) is 7.11. The Hall–Kier alpha value is -2.14. The molecule has 0 bridgehead atoms. The zero-order chi connectivity index (χ0) is 17.8. The van der Waals surface area contributed by atoms with Gasteiger partial charge in [-0.2, -0.15) is 0 Å². The largest absolute Gasteiger partial charge is 0.355 e. The predicted octanol–water partition coefficient (Wildman–Crippen LogP) is 2.37. The molecule has 0 spiro atoms. The Morgan fingerprint density at radius 3 is 2.80 bits per heavy atom. The van der Waals surface area contributed by atoms with E-state index in [1.165, 1.54) is 12.8 Å². The van der Waals surface area contributed by atoms with Crippen molar-refractivity contribution in [1.29, 1.82) is 0 Å². The molecule has 1 saturated heterocycles. The normalized spacial score (nSPS) is 16.2. The van der Waals surface area contributed by atoms with Crippen LogP contribution in [0.5, 0.6) is 0 Å². The Labute approximate surface area is 148 Å². The number of H-pyrrole nitrogens is 1. The lowest BCUT2D eigenvalue weighted by atomic mass is 10.1. The quantitative estimate of drug-likeness (QED) is 0.848. The van der Waals surface area contributed by atoms with E-state index in [9.17, 15) is 9.59 Å².